The summed E-state index contributed by atoms with van der Waals surface area (Å²) in [6.45, 7) is 4.54. The number of nitrogens with one attached hydrogen (secondary N) is 1. The first-order valence-corrected chi connectivity index (χ1v) is 7.31. The van der Waals surface area contributed by atoms with Gasteiger partial charge in [0.05, 0.1) is 0 Å². The van der Waals surface area contributed by atoms with Crippen LogP contribution in [-0.2, 0) is 12.5 Å². The molecule has 2 aliphatic rings. The molecule has 4 nitrogen and oxygen atoms in total. The predicted molar refractivity (Wildman–Crippen MR) is 71.7 cm³/mol. The Bertz CT molecular complexity index is 411. The van der Waals surface area contributed by atoms with Crippen molar-refractivity contribution in [2.45, 2.75) is 56.8 Å². The average molecular weight is 248 g/mol. The molecule has 3 rings (SSSR count). The van der Waals surface area contributed by atoms with E-state index in [2.05, 4.69) is 19.3 Å². The summed E-state index contributed by atoms with van der Waals surface area (Å²) in [7, 11) is 2.06. The Morgan fingerprint density at radius 3 is 2.56 bits per heavy atom. The van der Waals surface area contributed by atoms with E-state index in [0.717, 1.165) is 18.9 Å². The molecule has 2 fully saturated rings. The number of nitrogens with zero attached hydrogens (tertiary/aromatic N) is 3. The molecule has 0 unspecified atom stereocenters. The molecule has 100 valence electrons. The van der Waals surface area contributed by atoms with E-state index in [9.17, 15) is 0 Å². The van der Waals surface area contributed by atoms with Crippen LogP contribution in [0.2, 0.25) is 0 Å². The van der Waals surface area contributed by atoms with Crippen molar-refractivity contribution in [1.29, 1.82) is 0 Å². The summed E-state index contributed by atoms with van der Waals surface area (Å²) in [4.78, 5) is 4.91. The lowest BCUT2D eigenvalue weighted by molar-refractivity contribution is 0.309. The summed E-state index contributed by atoms with van der Waals surface area (Å²) in [6, 6.07) is 0. The fourth-order valence-electron chi connectivity index (χ4n) is 3.49. The maximum Gasteiger partial charge on any atom is 0.154 e. The molecular weight excluding hydrogens is 224 g/mol. The van der Waals surface area contributed by atoms with Gasteiger partial charge in [-0.15, -0.1) is 0 Å². The van der Waals surface area contributed by atoms with Crippen LogP contribution >= 0.6 is 0 Å². The molecule has 18 heavy (non-hydrogen) atoms. The van der Waals surface area contributed by atoms with E-state index in [1.54, 1.807) is 0 Å². The number of hydrogen-bond donors (Lipinski definition) is 1. The summed E-state index contributed by atoms with van der Waals surface area (Å²) < 4.78 is 2.04. The molecule has 1 aliphatic carbocycles. The van der Waals surface area contributed by atoms with Crippen LogP contribution in [0.1, 0.15) is 63.0 Å². The van der Waals surface area contributed by atoms with Crippen LogP contribution in [0.15, 0.2) is 0 Å². The van der Waals surface area contributed by atoms with E-state index in [1.165, 1.54) is 44.3 Å². The van der Waals surface area contributed by atoms with E-state index in [4.69, 9.17) is 10.1 Å². The highest BCUT2D eigenvalue weighted by atomic mass is 15.3. The van der Waals surface area contributed by atoms with E-state index in [0.29, 0.717) is 5.92 Å². The second kappa shape index (κ2) is 4.65. The lowest BCUT2D eigenvalue weighted by Gasteiger charge is -2.32. The van der Waals surface area contributed by atoms with Crippen molar-refractivity contribution in [2.75, 3.05) is 13.1 Å². The van der Waals surface area contributed by atoms with Gasteiger partial charge in [0.2, 0.25) is 0 Å². The van der Waals surface area contributed by atoms with Crippen molar-refractivity contribution in [1.82, 2.24) is 20.1 Å². The number of rotatable bonds is 2. The normalized spacial score (nSPS) is 24.6. The van der Waals surface area contributed by atoms with Gasteiger partial charge in [-0.2, -0.15) is 5.10 Å². The molecule has 1 saturated carbocycles. The molecular formula is C14H24N4. The Morgan fingerprint density at radius 2 is 1.89 bits per heavy atom. The number of aryl methyl sites for hydroxylation is 1. The molecule has 0 radical (unpaired) electrons. The Labute approximate surface area is 109 Å². The van der Waals surface area contributed by atoms with Gasteiger partial charge in [0.25, 0.3) is 0 Å². The van der Waals surface area contributed by atoms with Gasteiger partial charge >= 0.3 is 0 Å². The number of hydrogen-bond acceptors (Lipinski definition) is 3. The molecule has 1 aromatic heterocycles. The summed E-state index contributed by atoms with van der Waals surface area (Å²) in [5, 5.41) is 8.13. The van der Waals surface area contributed by atoms with Crippen LogP contribution in [0.3, 0.4) is 0 Å². The second-order valence-electron chi connectivity index (χ2n) is 6.21. The lowest BCUT2D eigenvalue weighted by atomic mass is 9.80. The van der Waals surface area contributed by atoms with E-state index in [-0.39, 0.29) is 5.41 Å². The minimum Gasteiger partial charge on any atom is -0.317 e. The van der Waals surface area contributed by atoms with Crippen LogP contribution in [0, 0.1) is 0 Å². The SMILES string of the molecule is Cn1nc(C2CCCC2)nc1C1(C)CCNCC1. The van der Waals surface area contributed by atoms with Crippen LogP contribution in [0.4, 0.5) is 0 Å². The lowest BCUT2D eigenvalue weighted by Crippen LogP contribution is -2.39. The highest BCUT2D eigenvalue weighted by Crippen LogP contribution is 2.35. The Morgan fingerprint density at radius 1 is 1.22 bits per heavy atom. The Hall–Kier alpha value is -0.900. The van der Waals surface area contributed by atoms with Crippen LogP contribution < -0.4 is 5.32 Å². The summed E-state index contributed by atoms with van der Waals surface area (Å²) in [5.74, 6) is 2.92. The molecule has 0 bridgehead atoms. The van der Waals surface area contributed by atoms with Gasteiger partial charge in [-0.05, 0) is 38.8 Å². The second-order valence-corrected chi connectivity index (χ2v) is 6.21. The van der Waals surface area contributed by atoms with Crippen molar-refractivity contribution in [3.05, 3.63) is 11.6 Å². The molecule has 1 aromatic rings. The third-order valence-corrected chi connectivity index (χ3v) is 4.75. The Balaban J connectivity index is 1.87. The summed E-state index contributed by atoms with van der Waals surface area (Å²) in [6.07, 6.45) is 7.59. The summed E-state index contributed by atoms with van der Waals surface area (Å²) in [5.41, 5.74) is 0.212. The quantitative estimate of drug-likeness (QED) is 0.871. The Kier molecular flexibility index (Phi) is 3.14. The van der Waals surface area contributed by atoms with Gasteiger partial charge in [0.1, 0.15) is 5.82 Å². The molecule has 0 atom stereocenters. The van der Waals surface area contributed by atoms with E-state index in [1.807, 2.05) is 4.68 Å². The molecule has 0 aromatic carbocycles. The first kappa shape index (κ1) is 12.2. The van der Waals surface area contributed by atoms with Crippen LogP contribution in [-0.4, -0.2) is 27.9 Å². The maximum absolute atomic E-state index is 4.91. The zero-order chi connectivity index (χ0) is 12.6. The van der Waals surface area contributed by atoms with Crippen molar-refractivity contribution in [2.24, 2.45) is 7.05 Å². The smallest absolute Gasteiger partial charge is 0.154 e. The molecule has 2 heterocycles. The van der Waals surface area contributed by atoms with Crippen molar-refractivity contribution < 1.29 is 0 Å². The van der Waals surface area contributed by atoms with Crippen molar-refractivity contribution in [3.8, 4) is 0 Å². The monoisotopic (exact) mass is 248 g/mol. The third kappa shape index (κ3) is 2.07. The molecule has 0 spiro atoms. The molecule has 1 aliphatic heterocycles. The van der Waals surface area contributed by atoms with Gasteiger partial charge in [-0.1, -0.05) is 19.8 Å². The molecule has 1 N–H and O–H groups in total. The standard InChI is InChI=1S/C14H24N4/c1-14(7-9-15-10-8-14)13-16-12(17-18(13)2)11-5-3-4-6-11/h11,15H,3-10H2,1-2H3. The highest BCUT2D eigenvalue weighted by Gasteiger charge is 2.34. The number of piperidine rings is 1. The van der Waals surface area contributed by atoms with Crippen molar-refractivity contribution in [3.63, 3.8) is 0 Å². The molecule has 0 amide bonds. The maximum atomic E-state index is 4.91. The first-order valence-electron chi connectivity index (χ1n) is 7.31. The average Bonchev–Trinajstić information content (AvgIpc) is 2.98. The van der Waals surface area contributed by atoms with Crippen molar-refractivity contribution >= 4 is 0 Å². The van der Waals surface area contributed by atoms with Gasteiger partial charge in [-0.3, -0.25) is 4.68 Å². The third-order valence-electron chi connectivity index (χ3n) is 4.75. The van der Waals surface area contributed by atoms with Crippen LogP contribution in [0.25, 0.3) is 0 Å². The van der Waals surface area contributed by atoms with Gasteiger partial charge < -0.3 is 5.32 Å². The fraction of sp³-hybridized carbons (Fsp3) is 0.857. The zero-order valence-corrected chi connectivity index (χ0v) is 11.6. The van der Waals surface area contributed by atoms with Gasteiger partial charge in [0, 0.05) is 18.4 Å². The minimum absolute atomic E-state index is 0.212. The van der Waals surface area contributed by atoms with E-state index < -0.39 is 0 Å². The minimum atomic E-state index is 0.212. The molecule has 4 heteroatoms. The van der Waals surface area contributed by atoms with Gasteiger partial charge in [0.15, 0.2) is 5.82 Å². The van der Waals surface area contributed by atoms with E-state index >= 15 is 0 Å². The molecule has 1 saturated heterocycles. The number of aromatic nitrogens is 3. The fourth-order valence-corrected chi connectivity index (χ4v) is 3.49. The summed E-state index contributed by atoms with van der Waals surface area (Å²) >= 11 is 0. The topological polar surface area (TPSA) is 42.7 Å². The van der Waals surface area contributed by atoms with Gasteiger partial charge in [-0.25, -0.2) is 4.98 Å². The zero-order valence-electron chi connectivity index (χ0n) is 11.6. The first-order chi connectivity index (χ1) is 8.69. The predicted octanol–water partition coefficient (Wildman–Crippen LogP) is 2.11. The highest BCUT2D eigenvalue weighted by molar-refractivity contribution is 5.12. The largest absolute Gasteiger partial charge is 0.317 e. The van der Waals surface area contributed by atoms with Crippen LogP contribution in [0.5, 0.6) is 0 Å².